The first-order chi connectivity index (χ1) is 9.90. The third kappa shape index (κ3) is 4.38. The number of hydrogen-bond acceptors (Lipinski definition) is 4. The van der Waals surface area contributed by atoms with Crippen molar-refractivity contribution in [1.82, 2.24) is 4.72 Å². The van der Waals surface area contributed by atoms with E-state index in [1.165, 1.54) is 0 Å². The lowest BCUT2D eigenvalue weighted by Gasteiger charge is -2.22. The van der Waals surface area contributed by atoms with Gasteiger partial charge in [0.2, 0.25) is 10.0 Å². The van der Waals surface area contributed by atoms with Gasteiger partial charge in [-0.05, 0) is 53.7 Å². The highest BCUT2D eigenvalue weighted by Gasteiger charge is 2.21. The Morgan fingerprint density at radius 3 is 2.86 bits per heavy atom. The van der Waals surface area contributed by atoms with E-state index in [1.807, 2.05) is 0 Å². The molecule has 0 amide bonds. The Hall–Kier alpha value is -0.700. The molecule has 0 aromatic heterocycles. The van der Waals surface area contributed by atoms with E-state index >= 15 is 0 Å². The van der Waals surface area contributed by atoms with Crippen molar-refractivity contribution in [2.45, 2.75) is 36.7 Å². The minimum absolute atomic E-state index is 0.0706. The number of nitrogens with one attached hydrogen (secondary N) is 1. The largest absolute Gasteiger partial charge is 0.398 e. The minimum Gasteiger partial charge on any atom is -0.398 e. The molecule has 2 rings (SSSR count). The molecule has 0 spiro atoms. The van der Waals surface area contributed by atoms with E-state index < -0.39 is 20.7 Å². The fourth-order valence-corrected chi connectivity index (χ4v) is 3.67. The third-order valence-electron chi connectivity index (χ3n) is 3.37. The average molecular weight is 381 g/mol. The maximum atomic E-state index is 13.8. The van der Waals surface area contributed by atoms with E-state index in [0.29, 0.717) is 10.9 Å². The molecule has 1 aromatic carbocycles. The van der Waals surface area contributed by atoms with Gasteiger partial charge in [-0.1, -0.05) is 0 Å². The van der Waals surface area contributed by atoms with Crippen LogP contribution in [-0.4, -0.2) is 27.7 Å². The lowest BCUT2D eigenvalue weighted by molar-refractivity contribution is 0.0123. The number of nitrogens with two attached hydrogens (primary N) is 1. The third-order valence-corrected chi connectivity index (χ3v) is 5.54. The van der Waals surface area contributed by atoms with Crippen LogP contribution < -0.4 is 10.5 Å². The van der Waals surface area contributed by atoms with Crippen LogP contribution in [0.1, 0.15) is 25.7 Å². The van der Waals surface area contributed by atoms with Crippen LogP contribution in [0.25, 0.3) is 0 Å². The molecule has 3 N–H and O–H groups in total. The van der Waals surface area contributed by atoms with Crippen LogP contribution >= 0.6 is 15.9 Å². The number of halogens is 2. The van der Waals surface area contributed by atoms with E-state index in [2.05, 4.69) is 20.7 Å². The molecule has 1 atom stereocenters. The van der Waals surface area contributed by atoms with Gasteiger partial charge in [0.15, 0.2) is 0 Å². The minimum atomic E-state index is -3.91. The molecule has 0 aliphatic carbocycles. The van der Waals surface area contributed by atoms with Gasteiger partial charge in [0.05, 0.1) is 6.10 Å². The maximum absolute atomic E-state index is 13.8. The van der Waals surface area contributed by atoms with Crippen molar-refractivity contribution in [3.63, 3.8) is 0 Å². The highest BCUT2D eigenvalue weighted by Crippen LogP contribution is 2.26. The Morgan fingerprint density at radius 2 is 2.19 bits per heavy atom. The second-order valence-electron chi connectivity index (χ2n) is 4.98. The predicted molar refractivity (Wildman–Crippen MR) is 81.9 cm³/mol. The van der Waals surface area contributed by atoms with E-state index in [9.17, 15) is 12.8 Å². The topological polar surface area (TPSA) is 81.4 Å². The van der Waals surface area contributed by atoms with E-state index in [0.717, 1.165) is 38.0 Å². The van der Waals surface area contributed by atoms with Crippen LogP contribution in [0.2, 0.25) is 0 Å². The fourth-order valence-electron chi connectivity index (χ4n) is 2.22. The van der Waals surface area contributed by atoms with Gasteiger partial charge < -0.3 is 10.5 Å². The van der Waals surface area contributed by atoms with Gasteiger partial charge in [-0.3, -0.25) is 0 Å². The summed E-state index contributed by atoms with van der Waals surface area (Å²) in [6.07, 6.45) is 3.72. The van der Waals surface area contributed by atoms with Crippen LogP contribution in [-0.2, 0) is 14.8 Å². The molecule has 0 bridgehead atoms. The van der Waals surface area contributed by atoms with E-state index in [4.69, 9.17) is 10.5 Å². The van der Waals surface area contributed by atoms with Gasteiger partial charge in [0.1, 0.15) is 10.7 Å². The summed E-state index contributed by atoms with van der Waals surface area (Å²) in [5, 5.41) is 0. The summed E-state index contributed by atoms with van der Waals surface area (Å²) in [7, 11) is -3.91. The van der Waals surface area contributed by atoms with Crippen LogP contribution in [0.4, 0.5) is 10.1 Å². The number of sulfonamides is 1. The molecule has 1 fully saturated rings. The van der Waals surface area contributed by atoms with Crippen molar-refractivity contribution in [1.29, 1.82) is 0 Å². The Kier molecular flexibility index (Phi) is 5.59. The summed E-state index contributed by atoms with van der Waals surface area (Å²) < 4.78 is 46.2. The molecule has 21 heavy (non-hydrogen) atoms. The number of ether oxygens (including phenoxy) is 1. The van der Waals surface area contributed by atoms with Crippen LogP contribution in [0, 0.1) is 5.82 Å². The van der Waals surface area contributed by atoms with Crippen molar-refractivity contribution in [2.75, 3.05) is 18.9 Å². The van der Waals surface area contributed by atoms with Crippen LogP contribution in [0.3, 0.4) is 0 Å². The zero-order valence-electron chi connectivity index (χ0n) is 11.4. The quantitative estimate of drug-likeness (QED) is 0.768. The van der Waals surface area contributed by atoms with Crippen LogP contribution in [0.5, 0.6) is 0 Å². The van der Waals surface area contributed by atoms with Crippen molar-refractivity contribution >= 4 is 31.6 Å². The standard InChI is InChI=1S/C13H18BrFN2O3S/c14-10-7-11(15)13(8-12(10)16)21(18,19)17-5-4-9-3-1-2-6-20-9/h7-9,17H,1-6,16H2. The lowest BCUT2D eigenvalue weighted by atomic mass is 10.1. The second-order valence-corrected chi connectivity index (χ2v) is 7.57. The van der Waals surface area contributed by atoms with Gasteiger partial charge >= 0.3 is 0 Å². The molecule has 0 radical (unpaired) electrons. The number of rotatable bonds is 5. The Balaban J connectivity index is 1.99. The number of hydrogen-bond donors (Lipinski definition) is 2. The summed E-state index contributed by atoms with van der Waals surface area (Å²) in [6.45, 7) is 0.928. The molecule has 5 nitrogen and oxygen atoms in total. The molecular formula is C13H18BrFN2O3S. The first kappa shape index (κ1) is 16.7. The molecular weight excluding hydrogens is 363 g/mol. The average Bonchev–Trinajstić information content (AvgIpc) is 2.43. The maximum Gasteiger partial charge on any atom is 0.243 e. The van der Waals surface area contributed by atoms with Gasteiger partial charge in [-0.2, -0.15) is 0 Å². The Labute approximate surface area is 132 Å². The van der Waals surface area contributed by atoms with E-state index in [-0.39, 0.29) is 18.3 Å². The van der Waals surface area contributed by atoms with Gasteiger partial charge in [0.25, 0.3) is 0 Å². The smallest absolute Gasteiger partial charge is 0.243 e. The van der Waals surface area contributed by atoms with E-state index in [1.54, 1.807) is 0 Å². The molecule has 1 saturated heterocycles. The number of benzene rings is 1. The fraction of sp³-hybridized carbons (Fsp3) is 0.538. The first-order valence-electron chi connectivity index (χ1n) is 6.76. The Morgan fingerprint density at radius 1 is 1.43 bits per heavy atom. The SMILES string of the molecule is Nc1cc(S(=O)(=O)NCCC2CCCCO2)c(F)cc1Br. The summed E-state index contributed by atoms with van der Waals surface area (Å²) in [6, 6.07) is 2.16. The van der Waals surface area contributed by atoms with Gasteiger partial charge in [-0.15, -0.1) is 0 Å². The van der Waals surface area contributed by atoms with Gasteiger partial charge in [-0.25, -0.2) is 17.5 Å². The molecule has 8 heteroatoms. The first-order valence-corrected chi connectivity index (χ1v) is 9.03. The summed E-state index contributed by atoms with van der Waals surface area (Å²) in [5.74, 6) is -0.836. The normalized spacial score (nSPS) is 19.6. The Bertz CT molecular complexity index is 604. The molecule has 1 aliphatic rings. The molecule has 118 valence electrons. The highest BCUT2D eigenvalue weighted by atomic mass is 79.9. The predicted octanol–water partition coefficient (Wildman–Crippen LogP) is 2.41. The van der Waals surface area contributed by atoms with Gasteiger partial charge in [0, 0.05) is 23.3 Å². The molecule has 0 saturated carbocycles. The zero-order chi connectivity index (χ0) is 15.5. The molecule has 1 heterocycles. The molecule has 1 aromatic rings. The monoisotopic (exact) mass is 380 g/mol. The molecule has 1 unspecified atom stereocenters. The van der Waals surface area contributed by atoms with Crippen molar-refractivity contribution in [2.24, 2.45) is 0 Å². The number of nitrogen functional groups attached to an aromatic ring is 1. The van der Waals surface area contributed by atoms with Crippen LogP contribution in [0.15, 0.2) is 21.5 Å². The summed E-state index contributed by atoms with van der Waals surface area (Å²) >= 11 is 3.05. The van der Waals surface area contributed by atoms with Crippen molar-refractivity contribution < 1.29 is 17.5 Å². The summed E-state index contributed by atoms with van der Waals surface area (Å²) in [4.78, 5) is -0.437. The number of anilines is 1. The zero-order valence-corrected chi connectivity index (χ0v) is 13.8. The molecule has 1 aliphatic heterocycles. The second kappa shape index (κ2) is 7.04. The van der Waals surface area contributed by atoms with Crippen molar-refractivity contribution in [3.8, 4) is 0 Å². The highest BCUT2D eigenvalue weighted by molar-refractivity contribution is 9.10. The van der Waals surface area contributed by atoms with Crippen molar-refractivity contribution in [3.05, 3.63) is 22.4 Å². The summed E-state index contributed by atoms with van der Waals surface area (Å²) in [5.41, 5.74) is 5.78. The lowest BCUT2D eigenvalue weighted by Crippen LogP contribution is -2.30.